The van der Waals surface area contributed by atoms with Gasteiger partial charge in [-0.15, -0.1) is 0 Å². The van der Waals surface area contributed by atoms with E-state index in [9.17, 15) is 0 Å². The van der Waals surface area contributed by atoms with Crippen LogP contribution in [0.15, 0.2) is 58.5 Å². The zero-order valence-corrected chi connectivity index (χ0v) is 21.2. The summed E-state index contributed by atoms with van der Waals surface area (Å²) in [5.74, 6) is 0. The summed E-state index contributed by atoms with van der Waals surface area (Å²) in [6.07, 6.45) is 15.2. The Morgan fingerprint density at radius 2 is 1.29 bits per heavy atom. The summed E-state index contributed by atoms with van der Waals surface area (Å²) in [6, 6.07) is 17.1. The first-order valence-corrected chi connectivity index (χ1v) is 12.0. The Kier molecular flexibility index (Phi) is 15.1. The zero-order valence-electron chi connectivity index (χ0n) is 19.7. The Hall–Kier alpha value is -1.56. The van der Waals surface area contributed by atoms with Crippen molar-refractivity contribution in [3.63, 3.8) is 0 Å². The van der Waals surface area contributed by atoms with Gasteiger partial charge < -0.3 is 0 Å². The van der Waals surface area contributed by atoms with Crippen LogP contribution in [0.2, 0.25) is 0 Å². The number of benzene rings is 2. The fourth-order valence-electron chi connectivity index (χ4n) is 3.59. The summed E-state index contributed by atoms with van der Waals surface area (Å²) in [4.78, 5) is 9.72. The van der Waals surface area contributed by atoms with E-state index >= 15 is 0 Å². The van der Waals surface area contributed by atoms with Crippen molar-refractivity contribution >= 4 is 23.3 Å². The molecule has 3 heteroatoms. The minimum atomic E-state index is 0. The van der Waals surface area contributed by atoms with E-state index in [4.69, 9.17) is 4.99 Å². The third kappa shape index (κ3) is 11.6. The van der Waals surface area contributed by atoms with Crippen LogP contribution in [-0.2, 0) is 33.3 Å². The number of aryl methyl sites for hydroxylation is 2. The Bertz CT molecular complexity index is 753. The van der Waals surface area contributed by atoms with Crippen LogP contribution in [0.25, 0.3) is 0 Å². The second-order valence-electron chi connectivity index (χ2n) is 8.22. The van der Waals surface area contributed by atoms with Crippen LogP contribution >= 0.6 is 0 Å². The fraction of sp³-hybridized carbons (Fsp3) is 0.500. The predicted octanol–water partition coefficient (Wildman–Crippen LogP) is 8.81. The molecule has 0 unspecified atom stereocenters. The molecule has 0 aliphatic heterocycles. The van der Waals surface area contributed by atoms with Crippen molar-refractivity contribution in [2.45, 2.75) is 91.4 Å². The first-order chi connectivity index (χ1) is 14.7. The smallest absolute Gasteiger partial charge is 0.0639 e. The molecule has 0 saturated carbocycles. The minimum Gasteiger partial charge on any atom is -0.255 e. The van der Waals surface area contributed by atoms with Gasteiger partial charge in [-0.3, -0.25) is 9.98 Å². The summed E-state index contributed by atoms with van der Waals surface area (Å²) in [7, 11) is 0. The summed E-state index contributed by atoms with van der Waals surface area (Å²) in [5, 5.41) is 0. The van der Waals surface area contributed by atoms with E-state index < -0.39 is 0 Å². The molecule has 0 amide bonds. The van der Waals surface area contributed by atoms with Gasteiger partial charge in [0.1, 0.15) is 0 Å². The van der Waals surface area contributed by atoms with Crippen LogP contribution < -0.4 is 0 Å². The van der Waals surface area contributed by atoms with E-state index in [1.165, 1.54) is 49.7 Å². The van der Waals surface area contributed by atoms with Crippen molar-refractivity contribution in [1.82, 2.24) is 0 Å². The molecule has 0 heterocycles. The van der Waals surface area contributed by atoms with Gasteiger partial charge in [-0.25, -0.2) is 0 Å². The van der Waals surface area contributed by atoms with Gasteiger partial charge in [-0.05, 0) is 73.9 Å². The van der Waals surface area contributed by atoms with Gasteiger partial charge in [-0.1, -0.05) is 77.1 Å². The molecular weight excluding hydrogens is 471 g/mol. The SMILES string of the molecule is CCCCCc1cc(CCCCC)cc(/N=C(/C=N/c2ccccc2)CCCC)c1.[Pd]. The molecule has 0 aliphatic carbocycles. The molecule has 0 fully saturated rings. The zero-order chi connectivity index (χ0) is 21.4. The van der Waals surface area contributed by atoms with E-state index in [-0.39, 0.29) is 20.4 Å². The molecule has 2 rings (SSSR count). The Morgan fingerprint density at radius 1 is 0.710 bits per heavy atom. The molecule has 0 atom stereocenters. The molecule has 2 aromatic rings. The number of hydrogen-bond donors (Lipinski definition) is 0. The van der Waals surface area contributed by atoms with Gasteiger partial charge >= 0.3 is 0 Å². The third-order valence-corrected chi connectivity index (χ3v) is 5.35. The Labute approximate surface area is 204 Å². The van der Waals surface area contributed by atoms with Crippen LogP contribution in [0.4, 0.5) is 11.4 Å². The number of rotatable bonds is 14. The fourth-order valence-corrected chi connectivity index (χ4v) is 3.59. The average molecular weight is 511 g/mol. The van der Waals surface area contributed by atoms with Crippen LogP contribution in [0.3, 0.4) is 0 Å². The van der Waals surface area contributed by atoms with E-state index in [0.717, 1.165) is 49.2 Å². The van der Waals surface area contributed by atoms with Gasteiger partial charge in [0.2, 0.25) is 0 Å². The van der Waals surface area contributed by atoms with Crippen molar-refractivity contribution in [3.05, 3.63) is 59.7 Å². The average Bonchev–Trinajstić information content (AvgIpc) is 2.77. The quantitative estimate of drug-likeness (QED) is 0.138. The van der Waals surface area contributed by atoms with Gasteiger partial charge in [0, 0.05) is 26.6 Å². The molecular formula is C28H40N2Pd. The van der Waals surface area contributed by atoms with E-state index in [1.54, 1.807) is 0 Å². The van der Waals surface area contributed by atoms with Gasteiger partial charge in [0.05, 0.1) is 17.1 Å². The summed E-state index contributed by atoms with van der Waals surface area (Å²) in [5.41, 5.74) is 6.03. The molecule has 0 bridgehead atoms. The molecule has 2 nitrogen and oxygen atoms in total. The third-order valence-electron chi connectivity index (χ3n) is 5.35. The maximum Gasteiger partial charge on any atom is 0.0639 e. The van der Waals surface area contributed by atoms with Crippen LogP contribution in [0, 0.1) is 0 Å². The summed E-state index contributed by atoms with van der Waals surface area (Å²) < 4.78 is 0. The monoisotopic (exact) mass is 510 g/mol. The molecule has 0 aromatic heterocycles. The Balaban J connectivity index is 0.00000480. The molecule has 172 valence electrons. The van der Waals surface area contributed by atoms with Gasteiger partial charge in [-0.2, -0.15) is 0 Å². The number of unbranched alkanes of at least 4 members (excludes halogenated alkanes) is 5. The van der Waals surface area contributed by atoms with Gasteiger partial charge in [0.15, 0.2) is 0 Å². The largest absolute Gasteiger partial charge is 0.255 e. The summed E-state index contributed by atoms with van der Waals surface area (Å²) >= 11 is 0. The second-order valence-corrected chi connectivity index (χ2v) is 8.22. The predicted molar refractivity (Wildman–Crippen MR) is 134 cm³/mol. The number of aliphatic imine (C=N–C) groups is 2. The second kappa shape index (κ2) is 17.1. The topological polar surface area (TPSA) is 24.7 Å². The first-order valence-electron chi connectivity index (χ1n) is 12.0. The molecule has 0 spiro atoms. The van der Waals surface area contributed by atoms with E-state index in [0.29, 0.717) is 0 Å². The van der Waals surface area contributed by atoms with Crippen molar-refractivity contribution in [1.29, 1.82) is 0 Å². The van der Waals surface area contributed by atoms with Crippen molar-refractivity contribution in [3.8, 4) is 0 Å². The van der Waals surface area contributed by atoms with Crippen LogP contribution in [0.5, 0.6) is 0 Å². The standard InChI is InChI=1S/C28H40N2.Pd/c1-4-7-11-15-24-20-25(16-12-8-5-2)22-28(21-24)30-27(17-9-6-3)23-29-26-18-13-10-14-19-26;/h10,13-14,18-23H,4-9,11-12,15-17H2,1-3H3;/b29-23+,30-27+;. The molecule has 2 aromatic carbocycles. The molecule has 0 radical (unpaired) electrons. The Morgan fingerprint density at radius 3 is 1.84 bits per heavy atom. The van der Waals surface area contributed by atoms with E-state index in [1.807, 2.05) is 36.5 Å². The van der Waals surface area contributed by atoms with E-state index in [2.05, 4.69) is 44.0 Å². The maximum absolute atomic E-state index is 5.06. The molecule has 0 saturated heterocycles. The van der Waals surface area contributed by atoms with Gasteiger partial charge in [0.25, 0.3) is 0 Å². The molecule has 0 aliphatic rings. The van der Waals surface area contributed by atoms with Crippen molar-refractivity contribution < 1.29 is 20.4 Å². The van der Waals surface area contributed by atoms with Crippen molar-refractivity contribution in [2.24, 2.45) is 9.98 Å². The minimum absolute atomic E-state index is 0. The molecule has 0 N–H and O–H groups in total. The van der Waals surface area contributed by atoms with Crippen LogP contribution in [0.1, 0.15) is 89.7 Å². The maximum atomic E-state index is 5.06. The number of para-hydroxylation sites is 1. The van der Waals surface area contributed by atoms with Crippen molar-refractivity contribution in [2.75, 3.05) is 0 Å². The first kappa shape index (κ1) is 27.5. The number of nitrogens with zero attached hydrogens (tertiary/aromatic N) is 2. The number of hydrogen-bond acceptors (Lipinski definition) is 2. The summed E-state index contributed by atoms with van der Waals surface area (Å²) in [6.45, 7) is 6.76. The normalized spacial score (nSPS) is 11.6. The molecule has 31 heavy (non-hydrogen) atoms. The van der Waals surface area contributed by atoms with Crippen LogP contribution in [-0.4, -0.2) is 11.9 Å².